The fourth-order valence-electron chi connectivity index (χ4n) is 1.50. The zero-order valence-corrected chi connectivity index (χ0v) is 8.61. The smallest absolute Gasteiger partial charge is 0.314 e. The summed E-state index contributed by atoms with van der Waals surface area (Å²) in [5.74, 6) is -3.36. The molecule has 0 spiro atoms. The van der Waals surface area contributed by atoms with Crippen LogP contribution >= 0.6 is 0 Å². The van der Waals surface area contributed by atoms with Gasteiger partial charge in [0.05, 0.1) is 6.42 Å². The molecule has 1 unspecified atom stereocenters. The Hall–Kier alpha value is -1.91. The van der Waals surface area contributed by atoms with E-state index in [2.05, 4.69) is 0 Å². The minimum Gasteiger partial charge on any atom is -0.481 e. The molecule has 2 N–H and O–H groups in total. The Balaban J connectivity index is 3.27. The normalized spacial score (nSPS) is 14.1. The number of benzene rings is 1. The van der Waals surface area contributed by atoms with E-state index in [-0.39, 0.29) is 5.56 Å². The first-order valence-electron chi connectivity index (χ1n) is 4.58. The second kappa shape index (κ2) is 4.30. The van der Waals surface area contributed by atoms with Crippen LogP contribution in [0.5, 0.6) is 0 Å². The van der Waals surface area contributed by atoms with Crippen molar-refractivity contribution in [3.05, 3.63) is 35.6 Å². The van der Waals surface area contributed by atoms with E-state index in [0.717, 1.165) is 6.07 Å². The number of hydrogen-bond donors (Lipinski definition) is 2. The molecule has 16 heavy (non-hydrogen) atoms. The number of carboxylic acid groups (broad SMARTS) is 2. The molecule has 5 heteroatoms. The molecule has 0 radical (unpaired) electrons. The van der Waals surface area contributed by atoms with Crippen LogP contribution in [-0.2, 0) is 15.0 Å². The Morgan fingerprint density at radius 3 is 2.31 bits per heavy atom. The SMILES string of the molecule is CC(CC(=O)O)(C(=O)O)c1ccccc1F. The minimum atomic E-state index is -1.75. The lowest BCUT2D eigenvalue weighted by Crippen LogP contribution is -2.35. The highest BCUT2D eigenvalue weighted by atomic mass is 19.1. The average Bonchev–Trinajstić information content (AvgIpc) is 2.16. The van der Waals surface area contributed by atoms with E-state index in [9.17, 15) is 14.0 Å². The van der Waals surface area contributed by atoms with Crippen LogP contribution in [0.15, 0.2) is 24.3 Å². The summed E-state index contributed by atoms with van der Waals surface area (Å²) in [5, 5.41) is 17.7. The molecule has 0 bridgehead atoms. The summed E-state index contributed by atoms with van der Waals surface area (Å²) in [6.45, 7) is 1.20. The Kier molecular flexibility index (Phi) is 3.27. The van der Waals surface area contributed by atoms with Gasteiger partial charge in [0.15, 0.2) is 0 Å². The molecule has 0 saturated carbocycles. The van der Waals surface area contributed by atoms with Crippen LogP contribution in [0, 0.1) is 5.82 Å². The first-order valence-corrected chi connectivity index (χ1v) is 4.58. The van der Waals surface area contributed by atoms with Gasteiger partial charge in [-0.15, -0.1) is 0 Å². The summed E-state index contributed by atoms with van der Waals surface area (Å²) in [4.78, 5) is 21.7. The number of hydrogen-bond acceptors (Lipinski definition) is 2. The summed E-state index contributed by atoms with van der Waals surface area (Å²) in [5.41, 5.74) is -1.87. The molecular weight excluding hydrogens is 215 g/mol. The van der Waals surface area contributed by atoms with Crippen LogP contribution in [0.2, 0.25) is 0 Å². The number of rotatable bonds is 4. The quantitative estimate of drug-likeness (QED) is 0.818. The van der Waals surface area contributed by atoms with Crippen LogP contribution in [-0.4, -0.2) is 22.2 Å². The highest BCUT2D eigenvalue weighted by Crippen LogP contribution is 2.30. The monoisotopic (exact) mass is 226 g/mol. The third-order valence-corrected chi connectivity index (χ3v) is 2.45. The lowest BCUT2D eigenvalue weighted by atomic mass is 9.79. The summed E-state index contributed by atoms with van der Waals surface area (Å²) < 4.78 is 13.4. The zero-order valence-electron chi connectivity index (χ0n) is 8.61. The number of aliphatic carboxylic acids is 2. The van der Waals surface area contributed by atoms with E-state index in [4.69, 9.17) is 10.2 Å². The predicted molar refractivity (Wildman–Crippen MR) is 53.6 cm³/mol. The molecule has 0 aromatic heterocycles. The molecule has 0 fully saturated rings. The van der Waals surface area contributed by atoms with Crippen LogP contribution in [0.3, 0.4) is 0 Å². The van der Waals surface area contributed by atoms with Crippen molar-refractivity contribution >= 4 is 11.9 Å². The molecular formula is C11H11FO4. The second-order valence-electron chi connectivity index (χ2n) is 3.69. The van der Waals surface area contributed by atoms with Crippen molar-refractivity contribution in [1.29, 1.82) is 0 Å². The molecule has 0 amide bonds. The number of carbonyl (C=O) groups is 2. The van der Waals surface area contributed by atoms with E-state index in [1.165, 1.54) is 25.1 Å². The van der Waals surface area contributed by atoms with Crippen molar-refractivity contribution < 1.29 is 24.2 Å². The van der Waals surface area contributed by atoms with Crippen LogP contribution < -0.4 is 0 Å². The van der Waals surface area contributed by atoms with Crippen LogP contribution in [0.4, 0.5) is 4.39 Å². The van der Waals surface area contributed by atoms with Crippen LogP contribution in [0.1, 0.15) is 18.9 Å². The Morgan fingerprint density at radius 2 is 1.88 bits per heavy atom. The van der Waals surface area contributed by atoms with Crippen molar-refractivity contribution in [1.82, 2.24) is 0 Å². The standard InChI is InChI=1S/C11H11FO4/c1-11(10(15)16,6-9(13)14)7-4-2-3-5-8(7)12/h2-5H,6H2,1H3,(H,13,14)(H,15,16). The van der Waals surface area contributed by atoms with E-state index in [1.807, 2.05) is 0 Å². The maximum absolute atomic E-state index is 13.4. The van der Waals surface area contributed by atoms with Gasteiger partial charge in [0.25, 0.3) is 0 Å². The van der Waals surface area contributed by atoms with Gasteiger partial charge in [0.1, 0.15) is 11.2 Å². The maximum Gasteiger partial charge on any atom is 0.314 e. The third kappa shape index (κ3) is 2.18. The zero-order chi connectivity index (χ0) is 12.3. The van der Waals surface area contributed by atoms with E-state index in [1.54, 1.807) is 0 Å². The molecule has 1 aromatic carbocycles. The first kappa shape index (κ1) is 12.2. The Morgan fingerprint density at radius 1 is 1.31 bits per heavy atom. The summed E-state index contributed by atoms with van der Waals surface area (Å²) in [6, 6.07) is 5.29. The second-order valence-corrected chi connectivity index (χ2v) is 3.69. The van der Waals surface area contributed by atoms with Gasteiger partial charge >= 0.3 is 11.9 Å². The molecule has 1 rings (SSSR count). The van der Waals surface area contributed by atoms with E-state index < -0.39 is 29.6 Å². The fourth-order valence-corrected chi connectivity index (χ4v) is 1.50. The van der Waals surface area contributed by atoms with Crippen molar-refractivity contribution in [3.8, 4) is 0 Å². The molecule has 1 atom stereocenters. The molecule has 0 heterocycles. The van der Waals surface area contributed by atoms with Gasteiger partial charge in [-0.1, -0.05) is 18.2 Å². The molecule has 0 aliphatic rings. The molecule has 86 valence electrons. The number of halogens is 1. The van der Waals surface area contributed by atoms with Crippen molar-refractivity contribution in [2.45, 2.75) is 18.8 Å². The highest BCUT2D eigenvalue weighted by molar-refractivity contribution is 5.86. The lowest BCUT2D eigenvalue weighted by Gasteiger charge is -2.23. The largest absolute Gasteiger partial charge is 0.481 e. The Bertz CT molecular complexity index is 430. The van der Waals surface area contributed by atoms with Gasteiger partial charge in [0, 0.05) is 5.56 Å². The van der Waals surface area contributed by atoms with Crippen molar-refractivity contribution in [3.63, 3.8) is 0 Å². The fraction of sp³-hybridized carbons (Fsp3) is 0.273. The summed E-state index contributed by atoms with van der Waals surface area (Å²) in [6.07, 6.45) is -0.663. The summed E-state index contributed by atoms with van der Waals surface area (Å²) >= 11 is 0. The number of carboxylic acids is 2. The summed E-state index contributed by atoms with van der Waals surface area (Å²) in [7, 11) is 0. The van der Waals surface area contributed by atoms with E-state index in [0.29, 0.717) is 0 Å². The molecule has 0 aliphatic carbocycles. The lowest BCUT2D eigenvalue weighted by molar-refractivity contribution is -0.149. The Labute approximate surface area is 91.3 Å². The van der Waals surface area contributed by atoms with Gasteiger partial charge in [-0.3, -0.25) is 9.59 Å². The topological polar surface area (TPSA) is 74.6 Å². The first-order chi connectivity index (χ1) is 7.38. The van der Waals surface area contributed by atoms with Crippen LogP contribution in [0.25, 0.3) is 0 Å². The molecule has 0 saturated heterocycles. The minimum absolute atomic E-state index is 0.120. The predicted octanol–water partition coefficient (Wildman–Crippen LogP) is 1.64. The van der Waals surface area contributed by atoms with Gasteiger partial charge in [0.2, 0.25) is 0 Å². The molecule has 0 aliphatic heterocycles. The molecule has 1 aromatic rings. The maximum atomic E-state index is 13.4. The van der Waals surface area contributed by atoms with Gasteiger partial charge in [-0.05, 0) is 13.0 Å². The molecule has 4 nitrogen and oxygen atoms in total. The third-order valence-electron chi connectivity index (χ3n) is 2.45. The van der Waals surface area contributed by atoms with Crippen molar-refractivity contribution in [2.75, 3.05) is 0 Å². The average molecular weight is 226 g/mol. The van der Waals surface area contributed by atoms with Gasteiger partial charge in [-0.2, -0.15) is 0 Å². The van der Waals surface area contributed by atoms with E-state index >= 15 is 0 Å². The van der Waals surface area contributed by atoms with Crippen molar-refractivity contribution in [2.24, 2.45) is 0 Å². The van der Waals surface area contributed by atoms with Gasteiger partial charge < -0.3 is 10.2 Å². The van der Waals surface area contributed by atoms with Gasteiger partial charge in [-0.25, -0.2) is 4.39 Å². The highest BCUT2D eigenvalue weighted by Gasteiger charge is 2.39.